The number of hydrogen-bond donors (Lipinski definition) is 1. The molecule has 0 spiro atoms. The van der Waals surface area contributed by atoms with Crippen molar-refractivity contribution in [3.63, 3.8) is 0 Å². The van der Waals surface area contributed by atoms with Crippen LogP contribution >= 0.6 is 0 Å². The Labute approximate surface area is 169 Å². The SMILES string of the molecule is Cc1ccc(C(=O)c2oc3cc(-c4cccc(CC#N)c4)ccc3c2N)c(C)c1. The lowest BCUT2D eigenvalue weighted by atomic mass is 9.99. The predicted octanol–water partition coefficient (Wildman–Crippen LogP) is 5.60. The second-order valence-electron chi connectivity index (χ2n) is 7.24. The summed E-state index contributed by atoms with van der Waals surface area (Å²) in [5, 5.41) is 9.64. The number of ketones is 1. The van der Waals surface area contributed by atoms with Crippen molar-refractivity contribution in [2.45, 2.75) is 20.3 Å². The normalized spacial score (nSPS) is 10.8. The van der Waals surface area contributed by atoms with Gasteiger partial charge in [0.2, 0.25) is 5.78 Å². The minimum Gasteiger partial charge on any atom is -0.450 e. The first-order valence-corrected chi connectivity index (χ1v) is 9.38. The molecule has 2 N–H and O–H groups in total. The quantitative estimate of drug-likeness (QED) is 0.468. The van der Waals surface area contributed by atoms with Gasteiger partial charge < -0.3 is 10.2 Å². The van der Waals surface area contributed by atoms with Crippen LogP contribution in [-0.4, -0.2) is 5.78 Å². The molecule has 1 heterocycles. The number of anilines is 1. The third-order valence-electron chi connectivity index (χ3n) is 5.10. The zero-order chi connectivity index (χ0) is 20.5. The Morgan fingerprint density at radius 3 is 2.59 bits per heavy atom. The molecule has 4 aromatic rings. The van der Waals surface area contributed by atoms with E-state index in [1.807, 2.05) is 74.5 Å². The van der Waals surface area contributed by atoms with Gasteiger partial charge in [-0.1, -0.05) is 54.1 Å². The summed E-state index contributed by atoms with van der Waals surface area (Å²) in [7, 11) is 0. The molecule has 0 aliphatic rings. The van der Waals surface area contributed by atoms with Gasteiger partial charge in [-0.2, -0.15) is 5.26 Å². The highest BCUT2D eigenvalue weighted by Crippen LogP contribution is 2.34. The minimum absolute atomic E-state index is 0.169. The zero-order valence-electron chi connectivity index (χ0n) is 16.3. The maximum atomic E-state index is 13.0. The van der Waals surface area contributed by atoms with Crippen LogP contribution in [-0.2, 0) is 6.42 Å². The number of furan rings is 1. The van der Waals surface area contributed by atoms with E-state index in [-0.39, 0.29) is 11.5 Å². The Balaban J connectivity index is 1.77. The smallest absolute Gasteiger partial charge is 0.230 e. The van der Waals surface area contributed by atoms with E-state index < -0.39 is 0 Å². The van der Waals surface area contributed by atoms with Crippen LogP contribution in [0.15, 0.2) is 65.1 Å². The lowest BCUT2D eigenvalue weighted by Gasteiger charge is -2.04. The first-order chi connectivity index (χ1) is 14.0. The van der Waals surface area contributed by atoms with Gasteiger partial charge in [-0.05, 0) is 48.2 Å². The summed E-state index contributed by atoms with van der Waals surface area (Å²) in [6, 6.07) is 21.4. The summed E-state index contributed by atoms with van der Waals surface area (Å²) >= 11 is 0. The molecule has 29 heavy (non-hydrogen) atoms. The molecule has 0 saturated carbocycles. The molecule has 0 bridgehead atoms. The Morgan fingerprint density at radius 1 is 1.03 bits per heavy atom. The molecule has 0 unspecified atom stereocenters. The van der Waals surface area contributed by atoms with Crippen LogP contribution < -0.4 is 5.73 Å². The van der Waals surface area contributed by atoms with E-state index in [0.29, 0.717) is 23.3 Å². The summed E-state index contributed by atoms with van der Waals surface area (Å²) in [5.41, 5.74) is 12.6. The average molecular weight is 380 g/mol. The van der Waals surface area contributed by atoms with Gasteiger partial charge in [0.15, 0.2) is 5.76 Å². The average Bonchev–Trinajstić information content (AvgIpc) is 3.04. The summed E-state index contributed by atoms with van der Waals surface area (Å²) in [4.78, 5) is 13.0. The first-order valence-electron chi connectivity index (χ1n) is 9.38. The molecule has 0 atom stereocenters. The lowest BCUT2D eigenvalue weighted by molar-refractivity contribution is 0.101. The number of hydrogen-bond acceptors (Lipinski definition) is 4. The molecule has 0 saturated heterocycles. The van der Waals surface area contributed by atoms with Crippen molar-refractivity contribution < 1.29 is 9.21 Å². The number of carbonyl (C=O) groups is 1. The van der Waals surface area contributed by atoms with Crippen LogP contribution in [0.4, 0.5) is 5.69 Å². The maximum Gasteiger partial charge on any atom is 0.230 e. The van der Waals surface area contributed by atoms with Crippen molar-refractivity contribution in [1.82, 2.24) is 0 Å². The monoisotopic (exact) mass is 380 g/mol. The Morgan fingerprint density at radius 2 is 1.83 bits per heavy atom. The Hall–Kier alpha value is -3.84. The van der Waals surface area contributed by atoms with Gasteiger partial charge >= 0.3 is 0 Å². The molecule has 0 aliphatic carbocycles. The van der Waals surface area contributed by atoms with Crippen molar-refractivity contribution in [3.8, 4) is 17.2 Å². The molecule has 1 aromatic heterocycles. The molecule has 0 amide bonds. The van der Waals surface area contributed by atoms with E-state index in [1.54, 1.807) is 0 Å². The second kappa shape index (κ2) is 7.29. The van der Waals surface area contributed by atoms with E-state index in [0.717, 1.165) is 33.2 Å². The highest BCUT2D eigenvalue weighted by Gasteiger charge is 2.21. The summed E-state index contributed by atoms with van der Waals surface area (Å²) < 4.78 is 5.91. The van der Waals surface area contributed by atoms with Crippen molar-refractivity contribution >= 4 is 22.4 Å². The topological polar surface area (TPSA) is 80.0 Å². The van der Waals surface area contributed by atoms with Gasteiger partial charge in [0.25, 0.3) is 0 Å². The van der Waals surface area contributed by atoms with E-state index in [2.05, 4.69) is 6.07 Å². The number of nitrogens with two attached hydrogens (primary N) is 1. The van der Waals surface area contributed by atoms with Gasteiger partial charge in [0.05, 0.1) is 18.2 Å². The molecular formula is C25H20N2O2. The van der Waals surface area contributed by atoms with E-state index in [4.69, 9.17) is 15.4 Å². The van der Waals surface area contributed by atoms with Gasteiger partial charge in [-0.25, -0.2) is 0 Å². The van der Waals surface area contributed by atoms with Crippen LogP contribution in [0.25, 0.3) is 22.1 Å². The fourth-order valence-corrected chi connectivity index (χ4v) is 3.61. The van der Waals surface area contributed by atoms with E-state index in [9.17, 15) is 4.79 Å². The summed E-state index contributed by atoms with van der Waals surface area (Å²) in [6.45, 7) is 3.90. The van der Waals surface area contributed by atoms with Crippen LogP contribution in [0.5, 0.6) is 0 Å². The van der Waals surface area contributed by atoms with E-state index in [1.165, 1.54) is 0 Å². The van der Waals surface area contributed by atoms with Crippen molar-refractivity contribution in [1.29, 1.82) is 5.26 Å². The molecule has 4 heteroatoms. The number of aryl methyl sites for hydroxylation is 2. The van der Waals surface area contributed by atoms with Gasteiger partial charge in [0, 0.05) is 10.9 Å². The molecule has 3 aromatic carbocycles. The summed E-state index contributed by atoms with van der Waals surface area (Å²) in [6.07, 6.45) is 0.359. The predicted molar refractivity (Wildman–Crippen MR) is 115 cm³/mol. The molecule has 4 rings (SSSR count). The Kier molecular flexibility index (Phi) is 4.66. The highest BCUT2D eigenvalue weighted by atomic mass is 16.3. The number of rotatable bonds is 4. The van der Waals surface area contributed by atoms with Gasteiger partial charge in [-0.3, -0.25) is 4.79 Å². The third kappa shape index (κ3) is 3.39. The number of nitrogen functional groups attached to an aromatic ring is 1. The van der Waals surface area contributed by atoms with Crippen LogP contribution in [0.1, 0.15) is 32.8 Å². The largest absolute Gasteiger partial charge is 0.450 e. The minimum atomic E-state index is -0.214. The molecular weight excluding hydrogens is 360 g/mol. The van der Waals surface area contributed by atoms with E-state index >= 15 is 0 Å². The fourth-order valence-electron chi connectivity index (χ4n) is 3.61. The highest BCUT2D eigenvalue weighted by molar-refractivity contribution is 6.15. The molecule has 0 fully saturated rings. The molecule has 0 aliphatic heterocycles. The number of carbonyl (C=O) groups excluding carboxylic acids is 1. The number of benzene rings is 3. The zero-order valence-corrected chi connectivity index (χ0v) is 16.3. The van der Waals surface area contributed by atoms with Crippen LogP contribution in [0.2, 0.25) is 0 Å². The third-order valence-corrected chi connectivity index (χ3v) is 5.10. The number of nitrogens with zero attached hydrogens (tertiary/aromatic N) is 1. The molecule has 142 valence electrons. The Bertz CT molecular complexity index is 1290. The van der Waals surface area contributed by atoms with Crippen molar-refractivity contribution in [2.24, 2.45) is 0 Å². The van der Waals surface area contributed by atoms with Crippen LogP contribution in [0.3, 0.4) is 0 Å². The fraction of sp³-hybridized carbons (Fsp3) is 0.120. The number of nitriles is 1. The second-order valence-corrected chi connectivity index (χ2v) is 7.24. The van der Waals surface area contributed by atoms with Crippen molar-refractivity contribution in [3.05, 3.63) is 88.7 Å². The van der Waals surface area contributed by atoms with Gasteiger partial charge in [-0.15, -0.1) is 0 Å². The first kappa shape index (κ1) is 18.5. The number of fused-ring (bicyclic) bond motifs is 1. The lowest BCUT2D eigenvalue weighted by Crippen LogP contribution is -2.05. The van der Waals surface area contributed by atoms with Gasteiger partial charge in [0.1, 0.15) is 5.58 Å². The van der Waals surface area contributed by atoms with Crippen molar-refractivity contribution in [2.75, 3.05) is 5.73 Å². The standard InChI is InChI=1S/C25H20N2O2/c1-15-6-8-20(16(2)12-15)24(28)25-23(27)21-9-7-19(14-22(21)29-25)18-5-3-4-17(13-18)10-11-26/h3-9,12-14H,10,27H2,1-2H3. The molecule has 0 radical (unpaired) electrons. The summed E-state index contributed by atoms with van der Waals surface area (Å²) in [5.74, 6) is -0.0453. The maximum absolute atomic E-state index is 13.0. The molecule has 4 nitrogen and oxygen atoms in total. The van der Waals surface area contributed by atoms with Crippen LogP contribution in [0, 0.1) is 25.2 Å².